The van der Waals surface area contributed by atoms with Gasteiger partial charge in [0.15, 0.2) is 5.11 Å². The Labute approximate surface area is 118 Å². The topological polar surface area (TPSA) is 49.4 Å². The standard InChI is InChI=1S/C14H18N2O2S/c1-5-7-14(3,4)9-10-11(17)15-13(19)16(8-6-2)12(10)18/h5-6,9H,1-2,7-8H2,3-4H3,(H,15,17,19). The van der Waals surface area contributed by atoms with E-state index in [1.165, 1.54) is 4.90 Å². The van der Waals surface area contributed by atoms with Crippen LogP contribution >= 0.6 is 12.2 Å². The third-order valence-electron chi connectivity index (χ3n) is 2.70. The number of amides is 2. The average molecular weight is 278 g/mol. The summed E-state index contributed by atoms with van der Waals surface area (Å²) >= 11 is 4.97. The number of carbonyl (C=O) groups is 2. The maximum absolute atomic E-state index is 12.3. The fourth-order valence-corrected chi connectivity index (χ4v) is 2.06. The number of carbonyl (C=O) groups excluding carboxylic acids is 2. The lowest BCUT2D eigenvalue weighted by Crippen LogP contribution is -2.54. The van der Waals surface area contributed by atoms with Crippen LogP contribution in [0.25, 0.3) is 0 Å². The lowest BCUT2D eigenvalue weighted by atomic mass is 9.86. The van der Waals surface area contributed by atoms with Crippen LogP contribution in [0.2, 0.25) is 0 Å². The minimum atomic E-state index is -0.451. The Bertz CT molecular complexity index is 478. The highest BCUT2D eigenvalue weighted by molar-refractivity contribution is 7.80. The Hall–Kier alpha value is -1.75. The van der Waals surface area contributed by atoms with Gasteiger partial charge in [0.25, 0.3) is 11.8 Å². The quantitative estimate of drug-likeness (QED) is 0.362. The predicted octanol–water partition coefficient (Wildman–Crippen LogP) is 1.94. The Morgan fingerprint density at radius 3 is 2.47 bits per heavy atom. The molecule has 0 spiro atoms. The van der Waals surface area contributed by atoms with E-state index in [9.17, 15) is 9.59 Å². The number of rotatable bonds is 5. The van der Waals surface area contributed by atoms with Gasteiger partial charge in [-0.15, -0.1) is 13.2 Å². The minimum absolute atomic E-state index is 0.113. The lowest BCUT2D eigenvalue weighted by molar-refractivity contribution is -0.128. The van der Waals surface area contributed by atoms with E-state index >= 15 is 0 Å². The molecule has 1 N–H and O–H groups in total. The van der Waals surface area contributed by atoms with E-state index in [2.05, 4.69) is 18.5 Å². The first-order valence-electron chi connectivity index (χ1n) is 5.94. The van der Waals surface area contributed by atoms with Crippen molar-refractivity contribution in [2.24, 2.45) is 5.41 Å². The highest BCUT2D eigenvalue weighted by Crippen LogP contribution is 2.26. The van der Waals surface area contributed by atoms with Crippen molar-refractivity contribution < 1.29 is 9.59 Å². The molecule has 2 amide bonds. The molecule has 1 heterocycles. The van der Waals surface area contributed by atoms with E-state index in [1.807, 2.05) is 13.8 Å². The Morgan fingerprint density at radius 1 is 1.32 bits per heavy atom. The summed E-state index contributed by atoms with van der Waals surface area (Å²) in [4.78, 5) is 25.5. The van der Waals surface area contributed by atoms with Gasteiger partial charge in [0.2, 0.25) is 0 Å². The van der Waals surface area contributed by atoms with E-state index in [1.54, 1.807) is 18.2 Å². The number of nitrogens with zero attached hydrogens (tertiary/aromatic N) is 1. The summed E-state index contributed by atoms with van der Waals surface area (Å²) in [6, 6.07) is 0. The second-order valence-corrected chi connectivity index (χ2v) is 5.39. The molecule has 0 radical (unpaired) electrons. The number of nitrogens with one attached hydrogen (secondary N) is 1. The van der Waals surface area contributed by atoms with Crippen LogP contribution in [0.15, 0.2) is 37.0 Å². The number of allylic oxidation sites excluding steroid dienone is 2. The fourth-order valence-electron chi connectivity index (χ4n) is 1.81. The van der Waals surface area contributed by atoms with Crippen LogP contribution in [0.5, 0.6) is 0 Å². The van der Waals surface area contributed by atoms with Gasteiger partial charge in [-0.05, 0) is 24.1 Å². The zero-order valence-electron chi connectivity index (χ0n) is 11.2. The van der Waals surface area contributed by atoms with Crippen LogP contribution in [0.3, 0.4) is 0 Å². The molecule has 102 valence electrons. The molecule has 1 rings (SSSR count). The van der Waals surface area contributed by atoms with Crippen molar-refractivity contribution >= 4 is 29.1 Å². The summed E-state index contributed by atoms with van der Waals surface area (Å²) in [5.74, 6) is -0.835. The predicted molar refractivity (Wildman–Crippen MR) is 79.3 cm³/mol. The normalized spacial score (nSPS) is 18.5. The van der Waals surface area contributed by atoms with E-state index in [4.69, 9.17) is 12.2 Å². The summed E-state index contributed by atoms with van der Waals surface area (Å²) in [5, 5.41) is 2.63. The van der Waals surface area contributed by atoms with Gasteiger partial charge in [-0.3, -0.25) is 19.8 Å². The molecule has 1 aliphatic heterocycles. The summed E-state index contributed by atoms with van der Waals surface area (Å²) < 4.78 is 0. The van der Waals surface area contributed by atoms with Crippen LogP contribution in [0.4, 0.5) is 0 Å². The number of hydrogen-bond donors (Lipinski definition) is 1. The minimum Gasteiger partial charge on any atom is -0.298 e. The second kappa shape index (κ2) is 5.93. The molecular formula is C14H18N2O2S. The third-order valence-corrected chi connectivity index (χ3v) is 3.03. The van der Waals surface area contributed by atoms with Crippen molar-refractivity contribution in [1.29, 1.82) is 0 Å². The van der Waals surface area contributed by atoms with Gasteiger partial charge in [0, 0.05) is 6.54 Å². The van der Waals surface area contributed by atoms with Crippen molar-refractivity contribution in [1.82, 2.24) is 10.2 Å². The van der Waals surface area contributed by atoms with Crippen molar-refractivity contribution in [3.8, 4) is 0 Å². The number of thiocarbonyl (C=S) groups is 1. The van der Waals surface area contributed by atoms with Crippen LogP contribution < -0.4 is 5.32 Å². The Balaban J connectivity index is 3.11. The third kappa shape index (κ3) is 3.61. The summed E-state index contributed by atoms with van der Waals surface area (Å²) in [7, 11) is 0. The molecule has 0 bridgehead atoms. The smallest absolute Gasteiger partial charge is 0.265 e. The SMILES string of the molecule is C=CCN1C(=O)C(=CC(C)(C)CC=C)C(=O)NC1=S. The molecule has 0 saturated carbocycles. The largest absolute Gasteiger partial charge is 0.298 e. The molecule has 0 unspecified atom stereocenters. The molecule has 1 saturated heterocycles. The van der Waals surface area contributed by atoms with Crippen molar-refractivity contribution in [3.63, 3.8) is 0 Å². The average Bonchev–Trinajstić information content (AvgIpc) is 2.30. The second-order valence-electron chi connectivity index (χ2n) is 5.00. The lowest BCUT2D eigenvalue weighted by Gasteiger charge is -2.29. The van der Waals surface area contributed by atoms with Crippen molar-refractivity contribution in [2.75, 3.05) is 6.54 Å². The van der Waals surface area contributed by atoms with Gasteiger partial charge < -0.3 is 0 Å². The van der Waals surface area contributed by atoms with E-state index in [0.29, 0.717) is 6.42 Å². The maximum atomic E-state index is 12.3. The van der Waals surface area contributed by atoms with Crippen LogP contribution in [0, 0.1) is 5.41 Å². The first-order chi connectivity index (χ1) is 8.82. The highest BCUT2D eigenvalue weighted by atomic mass is 32.1. The molecular weight excluding hydrogens is 260 g/mol. The van der Waals surface area contributed by atoms with Crippen molar-refractivity contribution in [3.05, 3.63) is 37.0 Å². The molecule has 1 fully saturated rings. The van der Waals surface area contributed by atoms with Crippen LogP contribution in [-0.4, -0.2) is 28.4 Å². The van der Waals surface area contributed by atoms with Gasteiger partial charge in [-0.2, -0.15) is 0 Å². The molecule has 5 heteroatoms. The van der Waals surface area contributed by atoms with E-state index < -0.39 is 5.91 Å². The zero-order chi connectivity index (χ0) is 14.6. The Kier molecular flexibility index (Phi) is 4.78. The molecule has 1 aliphatic rings. The summed E-state index contributed by atoms with van der Waals surface area (Å²) in [6.45, 7) is 11.4. The first-order valence-corrected chi connectivity index (χ1v) is 6.35. The molecule has 0 aromatic heterocycles. The fraction of sp³-hybridized carbons (Fsp3) is 0.357. The molecule has 0 aliphatic carbocycles. The summed E-state index contributed by atoms with van der Waals surface area (Å²) in [6.07, 6.45) is 5.66. The Morgan fingerprint density at radius 2 is 1.95 bits per heavy atom. The molecule has 4 nitrogen and oxygen atoms in total. The zero-order valence-corrected chi connectivity index (χ0v) is 12.0. The molecule has 0 aromatic rings. The van der Waals surface area contributed by atoms with Gasteiger partial charge in [0.05, 0.1) is 0 Å². The summed E-state index contributed by atoms with van der Waals surface area (Å²) in [5.41, 5.74) is -0.203. The van der Waals surface area contributed by atoms with Crippen LogP contribution in [0.1, 0.15) is 20.3 Å². The van der Waals surface area contributed by atoms with Gasteiger partial charge in [-0.25, -0.2) is 0 Å². The van der Waals surface area contributed by atoms with Crippen molar-refractivity contribution in [2.45, 2.75) is 20.3 Å². The monoisotopic (exact) mass is 278 g/mol. The number of hydrogen-bond acceptors (Lipinski definition) is 3. The maximum Gasteiger partial charge on any atom is 0.265 e. The van der Waals surface area contributed by atoms with Crippen LogP contribution in [-0.2, 0) is 9.59 Å². The van der Waals surface area contributed by atoms with Gasteiger partial charge >= 0.3 is 0 Å². The van der Waals surface area contributed by atoms with E-state index in [0.717, 1.165) is 0 Å². The van der Waals surface area contributed by atoms with Gasteiger partial charge in [-0.1, -0.05) is 32.1 Å². The van der Waals surface area contributed by atoms with Gasteiger partial charge in [0.1, 0.15) is 5.57 Å². The molecule has 19 heavy (non-hydrogen) atoms. The molecule has 0 aromatic carbocycles. The first kappa shape index (κ1) is 15.3. The van der Waals surface area contributed by atoms with E-state index in [-0.39, 0.29) is 28.6 Å². The molecule has 0 atom stereocenters. The highest BCUT2D eigenvalue weighted by Gasteiger charge is 2.34.